The van der Waals surface area contributed by atoms with E-state index in [1.165, 1.54) is 0 Å². The third-order valence-corrected chi connectivity index (χ3v) is 3.70. The van der Waals surface area contributed by atoms with E-state index in [1.54, 1.807) is 12.3 Å². The second-order valence-corrected chi connectivity index (χ2v) is 5.17. The Morgan fingerprint density at radius 3 is 2.71 bits per heavy atom. The Labute approximate surface area is 127 Å². The van der Waals surface area contributed by atoms with Crippen LogP contribution in [0, 0.1) is 6.92 Å². The van der Waals surface area contributed by atoms with Crippen LogP contribution in [0.25, 0.3) is 10.8 Å². The molecule has 104 valence electrons. The number of nitrogens with zero attached hydrogens (tertiary/aromatic N) is 1. The lowest BCUT2D eigenvalue weighted by atomic mass is 10.0. The SMILES string of the molecule is Cc1cc(NC(=O)c2cccc3ccccc23)cnc1Cl. The number of halogens is 1. The van der Waals surface area contributed by atoms with Crippen LogP contribution >= 0.6 is 11.6 Å². The zero-order valence-corrected chi connectivity index (χ0v) is 12.2. The molecule has 0 fully saturated rings. The van der Waals surface area contributed by atoms with Crippen LogP contribution in [0.15, 0.2) is 54.7 Å². The molecule has 3 aromatic rings. The van der Waals surface area contributed by atoms with Gasteiger partial charge >= 0.3 is 0 Å². The Balaban J connectivity index is 1.95. The second kappa shape index (κ2) is 5.54. The number of hydrogen-bond acceptors (Lipinski definition) is 2. The Hall–Kier alpha value is -2.39. The number of carbonyl (C=O) groups excluding carboxylic acids is 1. The number of anilines is 1. The number of aryl methyl sites for hydroxylation is 1. The molecule has 1 amide bonds. The molecule has 0 aliphatic heterocycles. The molecular weight excluding hydrogens is 284 g/mol. The Morgan fingerprint density at radius 2 is 1.90 bits per heavy atom. The van der Waals surface area contributed by atoms with Gasteiger partial charge in [-0.1, -0.05) is 48.0 Å². The molecule has 21 heavy (non-hydrogen) atoms. The maximum Gasteiger partial charge on any atom is 0.256 e. The minimum Gasteiger partial charge on any atom is -0.321 e. The fraction of sp³-hybridized carbons (Fsp3) is 0.0588. The van der Waals surface area contributed by atoms with Gasteiger partial charge in [-0.2, -0.15) is 0 Å². The van der Waals surface area contributed by atoms with Gasteiger partial charge in [-0.3, -0.25) is 4.79 Å². The van der Waals surface area contributed by atoms with Gasteiger partial charge < -0.3 is 5.32 Å². The largest absolute Gasteiger partial charge is 0.321 e. The Kier molecular flexibility index (Phi) is 3.59. The number of amides is 1. The molecule has 2 aromatic carbocycles. The van der Waals surface area contributed by atoms with E-state index in [-0.39, 0.29) is 5.91 Å². The molecule has 0 aliphatic rings. The summed E-state index contributed by atoms with van der Waals surface area (Å²) in [5, 5.41) is 5.27. The van der Waals surface area contributed by atoms with Crippen molar-refractivity contribution in [1.29, 1.82) is 0 Å². The molecule has 0 saturated carbocycles. The summed E-state index contributed by atoms with van der Waals surface area (Å²) in [6.07, 6.45) is 1.55. The summed E-state index contributed by atoms with van der Waals surface area (Å²) in [6.45, 7) is 1.85. The van der Waals surface area contributed by atoms with Crippen LogP contribution in [0.3, 0.4) is 0 Å². The quantitative estimate of drug-likeness (QED) is 0.710. The van der Waals surface area contributed by atoms with E-state index in [2.05, 4.69) is 10.3 Å². The number of pyridine rings is 1. The molecule has 1 aromatic heterocycles. The summed E-state index contributed by atoms with van der Waals surface area (Å²) >= 11 is 5.89. The highest BCUT2D eigenvalue weighted by atomic mass is 35.5. The molecule has 1 heterocycles. The maximum atomic E-state index is 12.5. The summed E-state index contributed by atoms with van der Waals surface area (Å²) in [7, 11) is 0. The molecule has 0 spiro atoms. The van der Waals surface area contributed by atoms with Crippen LogP contribution in [0.1, 0.15) is 15.9 Å². The van der Waals surface area contributed by atoms with Gasteiger partial charge in [0, 0.05) is 5.56 Å². The van der Waals surface area contributed by atoms with Gasteiger partial charge in [0.15, 0.2) is 0 Å². The first kappa shape index (κ1) is 13.6. The van der Waals surface area contributed by atoms with E-state index in [9.17, 15) is 4.79 Å². The second-order valence-electron chi connectivity index (χ2n) is 4.81. The van der Waals surface area contributed by atoms with Gasteiger partial charge in [0.05, 0.1) is 11.9 Å². The van der Waals surface area contributed by atoms with Crippen LogP contribution in [0.2, 0.25) is 5.15 Å². The van der Waals surface area contributed by atoms with Gasteiger partial charge in [0.2, 0.25) is 0 Å². The topological polar surface area (TPSA) is 42.0 Å². The van der Waals surface area contributed by atoms with E-state index in [0.29, 0.717) is 16.4 Å². The molecule has 0 radical (unpaired) electrons. The summed E-state index contributed by atoms with van der Waals surface area (Å²) in [6, 6.07) is 15.3. The molecule has 0 atom stereocenters. The first-order chi connectivity index (χ1) is 10.1. The predicted octanol–water partition coefficient (Wildman–Crippen LogP) is 4.45. The van der Waals surface area contributed by atoms with Crippen LogP contribution in [0.4, 0.5) is 5.69 Å². The highest BCUT2D eigenvalue weighted by molar-refractivity contribution is 6.30. The zero-order valence-electron chi connectivity index (χ0n) is 11.4. The minimum absolute atomic E-state index is 0.157. The molecule has 3 rings (SSSR count). The average Bonchev–Trinajstić information content (AvgIpc) is 2.50. The standard InChI is InChI=1S/C17H13ClN2O/c1-11-9-13(10-19-16(11)18)20-17(21)15-8-4-6-12-5-2-3-7-14(12)15/h2-10H,1H3,(H,20,21). The van der Waals surface area contributed by atoms with E-state index in [0.717, 1.165) is 16.3 Å². The molecular formula is C17H13ClN2O. The zero-order chi connectivity index (χ0) is 14.8. The van der Waals surface area contributed by atoms with Crippen molar-refractivity contribution in [2.24, 2.45) is 0 Å². The normalized spacial score (nSPS) is 10.6. The van der Waals surface area contributed by atoms with Crippen LogP contribution in [0.5, 0.6) is 0 Å². The summed E-state index contributed by atoms with van der Waals surface area (Å²) in [5.41, 5.74) is 2.10. The van der Waals surface area contributed by atoms with E-state index >= 15 is 0 Å². The maximum absolute atomic E-state index is 12.5. The minimum atomic E-state index is -0.157. The molecule has 0 bridgehead atoms. The highest BCUT2D eigenvalue weighted by Crippen LogP contribution is 2.21. The van der Waals surface area contributed by atoms with Gasteiger partial charge in [0.1, 0.15) is 5.15 Å². The Bertz CT molecular complexity index is 825. The van der Waals surface area contributed by atoms with Crippen molar-refractivity contribution in [3.05, 3.63) is 71.0 Å². The molecule has 0 saturated heterocycles. The van der Waals surface area contributed by atoms with Gasteiger partial charge in [0.25, 0.3) is 5.91 Å². The summed E-state index contributed by atoms with van der Waals surface area (Å²) in [4.78, 5) is 16.5. The molecule has 1 N–H and O–H groups in total. The lowest BCUT2D eigenvalue weighted by molar-refractivity contribution is 0.102. The first-order valence-corrected chi connectivity index (χ1v) is 6.94. The van der Waals surface area contributed by atoms with Crippen molar-refractivity contribution >= 4 is 34.0 Å². The van der Waals surface area contributed by atoms with Crippen molar-refractivity contribution in [2.75, 3.05) is 5.32 Å². The van der Waals surface area contributed by atoms with Crippen LogP contribution < -0.4 is 5.32 Å². The van der Waals surface area contributed by atoms with Crippen LogP contribution in [-0.2, 0) is 0 Å². The fourth-order valence-corrected chi connectivity index (χ4v) is 2.35. The van der Waals surface area contributed by atoms with Crippen LogP contribution in [-0.4, -0.2) is 10.9 Å². The van der Waals surface area contributed by atoms with E-state index in [1.807, 2.05) is 49.4 Å². The van der Waals surface area contributed by atoms with Crippen molar-refractivity contribution in [2.45, 2.75) is 6.92 Å². The number of nitrogens with one attached hydrogen (secondary N) is 1. The first-order valence-electron chi connectivity index (χ1n) is 6.56. The number of carbonyl (C=O) groups is 1. The fourth-order valence-electron chi connectivity index (χ4n) is 2.25. The van der Waals surface area contributed by atoms with Gasteiger partial charge in [-0.25, -0.2) is 4.98 Å². The van der Waals surface area contributed by atoms with Gasteiger partial charge in [-0.15, -0.1) is 0 Å². The third-order valence-electron chi connectivity index (χ3n) is 3.31. The monoisotopic (exact) mass is 296 g/mol. The van der Waals surface area contributed by atoms with Crippen molar-refractivity contribution in [3.8, 4) is 0 Å². The van der Waals surface area contributed by atoms with E-state index < -0.39 is 0 Å². The van der Waals surface area contributed by atoms with Crippen molar-refractivity contribution in [1.82, 2.24) is 4.98 Å². The van der Waals surface area contributed by atoms with Crippen molar-refractivity contribution < 1.29 is 4.79 Å². The highest BCUT2D eigenvalue weighted by Gasteiger charge is 2.10. The average molecular weight is 297 g/mol. The summed E-state index contributed by atoms with van der Waals surface area (Å²) in [5.74, 6) is -0.157. The Morgan fingerprint density at radius 1 is 1.14 bits per heavy atom. The summed E-state index contributed by atoms with van der Waals surface area (Å²) < 4.78 is 0. The molecule has 3 nitrogen and oxygen atoms in total. The number of fused-ring (bicyclic) bond motifs is 1. The number of hydrogen-bond donors (Lipinski definition) is 1. The third kappa shape index (κ3) is 2.73. The lowest BCUT2D eigenvalue weighted by Crippen LogP contribution is -2.12. The lowest BCUT2D eigenvalue weighted by Gasteiger charge is -2.08. The molecule has 0 unspecified atom stereocenters. The molecule has 4 heteroatoms. The van der Waals surface area contributed by atoms with E-state index in [4.69, 9.17) is 11.6 Å². The number of benzene rings is 2. The number of aromatic nitrogens is 1. The smallest absolute Gasteiger partial charge is 0.256 e. The molecule has 0 aliphatic carbocycles. The number of rotatable bonds is 2. The predicted molar refractivity (Wildman–Crippen MR) is 85.9 cm³/mol. The van der Waals surface area contributed by atoms with Crippen molar-refractivity contribution in [3.63, 3.8) is 0 Å². The van der Waals surface area contributed by atoms with Gasteiger partial charge in [-0.05, 0) is 35.4 Å².